The second kappa shape index (κ2) is 53.8. The van der Waals surface area contributed by atoms with Crippen molar-refractivity contribution in [3.05, 3.63) is 140 Å². The van der Waals surface area contributed by atoms with E-state index in [1.165, 1.54) is 72.8 Å². The molecule has 6 saturated heterocycles. The fourth-order valence-electron chi connectivity index (χ4n) is 16.1. The summed E-state index contributed by atoms with van der Waals surface area (Å²) in [6.07, 6.45) is 26.7. The minimum atomic E-state index is -1.54. The number of fused-ring (bicyclic) bond motifs is 15. The number of hydrogen-bond acceptors (Lipinski definition) is 36. The molecule has 6 bridgehead atoms. The lowest BCUT2D eigenvalue weighted by molar-refractivity contribution is -0.198. The minimum Gasteiger partial charge on any atom is -0.469 e. The second-order valence-electron chi connectivity index (χ2n) is 40.1. The minimum absolute atomic E-state index is 0.000228. The maximum atomic E-state index is 12.8. The van der Waals surface area contributed by atoms with Crippen LogP contribution in [-0.2, 0) is 154 Å². The van der Waals surface area contributed by atoms with Crippen LogP contribution in [0, 0.1) is 68.0 Å². The molecule has 12 atom stereocenters. The molecule has 0 saturated carbocycles. The number of imide groups is 6. The molecular formula is C108H146N6O36. The van der Waals surface area contributed by atoms with Crippen LogP contribution in [0.2, 0.25) is 0 Å². The maximum Gasteiger partial charge on any atom is 0.373 e. The number of rotatable bonds is 38. The van der Waals surface area contributed by atoms with Gasteiger partial charge in [-0.15, -0.1) is 0 Å². The second-order valence-corrected chi connectivity index (χ2v) is 40.1. The van der Waals surface area contributed by atoms with Gasteiger partial charge in [-0.1, -0.05) is 79.7 Å². The van der Waals surface area contributed by atoms with Crippen molar-refractivity contribution in [2.45, 2.75) is 239 Å². The average Bonchev–Trinajstić information content (AvgIpc) is 1.54. The number of nitrogens with zero attached hydrogens (tertiary/aromatic N) is 6. The van der Waals surface area contributed by atoms with Gasteiger partial charge in [-0.3, -0.25) is 116 Å². The predicted octanol–water partition coefficient (Wildman–Crippen LogP) is 10.7. The first kappa shape index (κ1) is 123. The molecule has 150 heavy (non-hydrogen) atoms. The summed E-state index contributed by atoms with van der Waals surface area (Å²) in [6, 6.07) is 10.6. The van der Waals surface area contributed by atoms with Crippen LogP contribution >= 0.6 is 0 Å². The number of carbonyl (C=O) groups excluding carboxylic acids is 20. The Morgan fingerprint density at radius 1 is 0.340 bits per heavy atom. The topological polar surface area (TPSA) is 520 Å². The molecule has 12 aliphatic heterocycles. The Kier molecular flexibility index (Phi) is 44.3. The summed E-state index contributed by atoms with van der Waals surface area (Å²) in [7, 11) is 2.52. The number of amides is 12. The average molecular weight is 2100 g/mol. The molecule has 15 rings (SSSR count). The van der Waals surface area contributed by atoms with Gasteiger partial charge in [0.05, 0.1) is 165 Å². The van der Waals surface area contributed by atoms with E-state index in [2.05, 4.69) is 11.7 Å². The molecule has 0 N–H and O–H groups in total. The van der Waals surface area contributed by atoms with Crippen LogP contribution in [0.15, 0.2) is 141 Å². The summed E-state index contributed by atoms with van der Waals surface area (Å²) in [5.74, 6) is -10.2. The third kappa shape index (κ3) is 29.4. The summed E-state index contributed by atoms with van der Waals surface area (Å²) in [6.45, 7) is 42.3. The number of aryl methyl sites for hydroxylation is 1. The van der Waals surface area contributed by atoms with Crippen LogP contribution in [0.4, 0.5) is 0 Å². The molecular weight excluding hydrogens is 1960 g/mol. The first-order chi connectivity index (χ1) is 70.6. The van der Waals surface area contributed by atoms with Crippen molar-refractivity contribution in [2.75, 3.05) is 106 Å². The summed E-state index contributed by atoms with van der Waals surface area (Å²) < 4.78 is 82.5. The van der Waals surface area contributed by atoms with Crippen molar-refractivity contribution in [3.63, 3.8) is 0 Å². The Hall–Kier alpha value is -13.5. The van der Waals surface area contributed by atoms with Crippen molar-refractivity contribution in [3.8, 4) is 5.95 Å². The van der Waals surface area contributed by atoms with Crippen LogP contribution in [0.1, 0.15) is 214 Å². The fourth-order valence-corrected chi connectivity index (χ4v) is 16.1. The van der Waals surface area contributed by atoms with E-state index >= 15 is 0 Å². The van der Waals surface area contributed by atoms with Crippen molar-refractivity contribution < 1.29 is 171 Å². The van der Waals surface area contributed by atoms with Crippen LogP contribution in [-0.4, -0.2) is 290 Å². The van der Waals surface area contributed by atoms with Gasteiger partial charge in [-0.05, 0) is 184 Å². The first-order valence-corrected chi connectivity index (χ1v) is 50.4. The predicted molar refractivity (Wildman–Crippen MR) is 531 cm³/mol. The van der Waals surface area contributed by atoms with Crippen LogP contribution < -0.4 is 4.74 Å². The Bertz CT molecular complexity index is 5290. The summed E-state index contributed by atoms with van der Waals surface area (Å²) in [5, 5.41) is 0. The molecule has 15 heterocycles. The van der Waals surface area contributed by atoms with Crippen molar-refractivity contribution in [2.24, 2.45) is 68.0 Å². The van der Waals surface area contributed by atoms with Crippen LogP contribution in [0.3, 0.4) is 0 Å². The SMILES string of the molecule is CCC(C)(C)C(=O)OCCN1C(=O)C2C3C=CC(C(=O)OC)(O3)C2C1=O.CCC(C)(C)C(=O)OCCN1C(=O)C2C3C=CC(CC)(O3)C2C1=O.CCC(C)(C)C(=O)OCCN1C(=O)C=CC1=O.CCC(C)(C)C(=O)OCCN1C(=O)C=CC1=O.CCC(C)(C)C(=O)OCCN1C(=O)C=CC1=O.CCOC12C=CC(O1)C1C(=O)N(CCOC(=O)C(C)(C)CC)C(=O)C12.CCOc1ccco1.CCc1ccco1.COC(=O)c1ccco1. The van der Waals surface area contributed by atoms with E-state index in [1.54, 1.807) is 124 Å². The van der Waals surface area contributed by atoms with Gasteiger partial charge in [-0.25, -0.2) is 9.59 Å². The molecule has 0 spiro atoms. The molecule has 0 aromatic carbocycles. The number of furan rings is 3. The van der Waals surface area contributed by atoms with E-state index in [9.17, 15) is 95.9 Å². The van der Waals surface area contributed by atoms with E-state index in [1.807, 2.05) is 100 Å². The van der Waals surface area contributed by atoms with Gasteiger partial charge in [0, 0.05) is 55.6 Å². The highest BCUT2D eigenvalue weighted by atomic mass is 16.7. The molecule has 824 valence electrons. The summed E-state index contributed by atoms with van der Waals surface area (Å²) >= 11 is 0. The number of esters is 8. The van der Waals surface area contributed by atoms with E-state index in [0.29, 0.717) is 64.1 Å². The molecule has 3 aromatic rings. The highest BCUT2D eigenvalue weighted by Gasteiger charge is 2.72. The van der Waals surface area contributed by atoms with Crippen LogP contribution in [0.25, 0.3) is 0 Å². The molecule has 42 heteroatoms. The molecule has 6 fully saturated rings. The lowest BCUT2D eigenvalue weighted by Crippen LogP contribution is -2.47. The van der Waals surface area contributed by atoms with E-state index in [-0.39, 0.29) is 186 Å². The summed E-state index contributed by atoms with van der Waals surface area (Å²) in [5.41, 5.74) is -5.53. The quantitative estimate of drug-likeness (QED) is 0.0222. The zero-order valence-corrected chi connectivity index (χ0v) is 90.3. The zero-order chi connectivity index (χ0) is 112. The van der Waals surface area contributed by atoms with Crippen molar-refractivity contribution in [1.82, 2.24) is 29.4 Å². The zero-order valence-electron chi connectivity index (χ0n) is 90.3. The third-order valence-electron chi connectivity index (χ3n) is 28.1. The molecule has 12 amide bonds. The number of ether oxygens (including phenoxy) is 13. The van der Waals surface area contributed by atoms with Gasteiger partial charge >= 0.3 is 47.8 Å². The molecule has 0 radical (unpaired) electrons. The van der Waals surface area contributed by atoms with Crippen LogP contribution in [0.5, 0.6) is 5.95 Å². The Morgan fingerprint density at radius 2 is 0.660 bits per heavy atom. The third-order valence-corrected chi connectivity index (χ3v) is 28.1. The fraction of sp³-hybridized carbons (Fsp3) is 0.593. The van der Waals surface area contributed by atoms with Gasteiger partial charge in [0.25, 0.3) is 41.4 Å². The molecule has 12 unspecified atom stereocenters. The van der Waals surface area contributed by atoms with E-state index < -0.39 is 121 Å². The standard InChI is InChI=1S/C18H23NO7.C18H25NO6.C18H25NO5.3C12H17NO4.C6H6O3.C6H8O2.C6H8O/c1-5-17(2,3)15(22)25-9-8-19-13(20)11-10-6-7-18(26-10,16(23)24-4)12(11)14(19)21;1-5-17(3,4)16(22)23-10-9-19-14(20)12-11-7-8-18(25-11,24-6-2)13(12)15(19)21;1-5-17(3,4)16(22)23-10-9-19-14(20)12-11-7-8-18(6-2,24-11)13(12)15(19)21;3*1-4-12(2,3)11(16)17-8-7-13-9(14)5-6-10(13)15;1-8-6(7)5-3-2-4-9-5;1-2-7-6-4-3-5-8-6;1-2-6-4-3-5-7-6/h6-7,10-12H,5,8-9H2,1-4H3;7-8,11-13H,5-6,9-10H2,1-4H3;7-8,11-13H,5-6,9-10H2,1-4H3;3*5-6H,4,7-8H2,1-3H3;2-4H,1H3;3-5H,2H2,1H3;3-5H,2H2,1H3. The maximum absolute atomic E-state index is 12.8. The Labute approximate surface area is 873 Å². The van der Waals surface area contributed by atoms with Gasteiger partial charge in [-0.2, -0.15) is 0 Å². The largest absolute Gasteiger partial charge is 0.469 e. The Balaban J connectivity index is 0.000000234. The lowest BCUT2D eigenvalue weighted by Gasteiger charge is -2.28. The monoisotopic (exact) mass is 2100 g/mol. The molecule has 12 aliphatic rings. The molecule has 42 nitrogen and oxygen atoms in total. The lowest BCUT2D eigenvalue weighted by atomic mass is 9.76. The number of likely N-dealkylation sites (tertiary alicyclic amines) is 3. The van der Waals surface area contributed by atoms with Gasteiger partial charge in [0.2, 0.25) is 47.0 Å². The van der Waals surface area contributed by atoms with Crippen molar-refractivity contribution in [1.29, 1.82) is 0 Å². The highest BCUT2D eigenvalue weighted by molar-refractivity contribution is 6.15. The highest BCUT2D eigenvalue weighted by Crippen LogP contribution is 2.56. The number of methoxy groups -OCH3 is 2. The van der Waals surface area contributed by atoms with Gasteiger partial charge in [0.1, 0.15) is 51.3 Å². The van der Waals surface area contributed by atoms with E-state index in [4.69, 9.17) is 70.1 Å². The first-order valence-electron chi connectivity index (χ1n) is 50.4. The Morgan fingerprint density at radius 3 is 0.973 bits per heavy atom. The van der Waals surface area contributed by atoms with Gasteiger partial charge < -0.3 is 74.8 Å². The summed E-state index contributed by atoms with van der Waals surface area (Å²) in [4.78, 5) is 244. The van der Waals surface area contributed by atoms with Gasteiger partial charge in [0.15, 0.2) is 5.60 Å². The number of carbonyl (C=O) groups is 20. The van der Waals surface area contributed by atoms with Crippen molar-refractivity contribution >= 4 is 119 Å². The number of hydrogen-bond donors (Lipinski definition) is 0. The normalized spacial score (nSPS) is 23.3. The molecule has 3 aromatic heterocycles. The van der Waals surface area contributed by atoms with E-state index in [0.717, 1.165) is 31.8 Å². The molecule has 0 aliphatic carbocycles. The smallest absolute Gasteiger partial charge is 0.373 e.